The Morgan fingerprint density at radius 1 is 1.40 bits per heavy atom. The molecule has 6 heteroatoms. The Hall–Kier alpha value is -2.50. The number of carbonyl (C=O) groups excluding carboxylic acids is 1. The number of hydrogen-bond donors (Lipinski definition) is 3. The predicted molar refractivity (Wildman–Crippen MR) is 76.3 cm³/mol. The van der Waals surface area contributed by atoms with Crippen LogP contribution in [0, 0.1) is 0 Å². The van der Waals surface area contributed by atoms with Crippen LogP contribution in [-0.4, -0.2) is 29.0 Å². The fraction of sp³-hybridized carbons (Fsp3) is 0.286. The van der Waals surface area contributed by atoms with Gasteiger partial charge in [0.25, 0.3) is 0 Å². The maximum Gasteiger partial charge on any atom is 0.223 e. The Bertz CT molecular complexity index is 540. The summed E-state index contributed by atoms with van der Waals surface area (Å²) in [6.45, 7) is 0.862. The van der Waals surface area contributed by atoms with Gasteiger partial charge in [-0.05, 0) is 12.1 Å². The van der Waals surface area contributed by atoms with E-state index in [-0.39, 0.29) is 5.91 Å². The van der Waals surface area contributed by atoms with Crippen LogP contribution in [0.5, 0.6) is 5.75 Å². The molecule has 0 spiro atoms. The average molecular weight is 274 g/mol. The first-order valence-electron chi connectivity index (χ1n) is 6.48. The van der Waals surface area contributed by atoms with Crippen molar-refractivity contribution in [2.75, 3.05) is 18.9 Å². The summed E-state index contributed by atoms with van der Waals surface area (Å²) in [5, 5.41) is 2.81. The third-order valence-corrected chi connectivity index (χ3v) is 2.74. The van der Waals surface area contributed by atoms with Gasteiger partial charge in [-0.2, -0.15) is 0 Å². The summed E-state index contributed by atoms with van der Waals surface area (Å²) in [6.07, 6.45) is 4.43. The van der Waals surface area contributed by atoms with Crippen molar-refractivity contribution in [3.8, 4) is 5.75 Å². The molecule has 1 aromatic heterocycles. The molecule has 0 aliphatic rings. The molecular weight excluding hydrogens is 256 g/mol. The minimum Gasteiger partial charge on any atom is -0.491 e. The molecule has 1 heterocycles. The highest BCUT2D eigenvalue weighted by atomic mass is 16.5. The molecule has 0 radical (unpaired) electrons. The van der Waals surface area contributed by atoms with E-state index in [1.807, 2.05) is 12.1 Å². The summed E-state index contributed by atoms with van der Waals surface area (Å²) < 4.78 is 5.46. The lowest BCUT2D eigenvalue weighted by Gasteiger charge is -2.08. The van der Waals surface area contributed by atoms with Crippen molar-refractivity contribution in [3.63, 3.8) is 0 Å². The Morgan fingerprint density at radius 3 is 3.00 bits per heavy atom. The Morgan fingerprint density at radius 2 is 2.25 bits per heavy atom. The van der Waals surface area contributed by atoms with Gasteiger partial charge in [0.2, 0.25) is 5.91 Å². The molecule has 0 bridgehead atoms. The monoisotopic (exact) mass is 274 g/mol. The summed E-state index contributed by atoms with van der Waals surface area (Å²) in [7, 11) is 0. The van der Waals surface area contributed by atoms with Crippen LogP contribution in [0.4, 0.5) is 5.69 Å². The van der Waals surface area contributed by atoms with Gasteiger partial charge >= 0.3 is 0 Å². The molecule has 0 fully saturated rings. The second kappa shape index (κ2) is 7.18. The summed E-state index contributed by atoms with van der Waals surface area (Å²) in [6, 6.07) is 7.22. The molecule has 1 aromatic carbocycles. The lowest BCUT2D eigenvalue weighted by molar-refractivity contribution is -0.121. The van der Waals surface area contributed by atoms with Gasteiger partial charge in [0.1, 0.15) is 11.6 Å². The number of rotatable bonds is 7. The minimum absolute atomic E-state index is 0.0499. The van der Waals surface area contributed by atoms with Crippen LogP contribution in [0.1, 0.15) is 12.2 Å². The zero-order valence-electron chi connectivity index (χ0n) is 11.1. The highest BCUT2D eigenvalue weighted by Crippen LogP contribution is 2.19. The Kier molecular flexibility index (Phi) is 5.00. The normalized spacial score (nSPS) is 10.2. The van der Waals surface area contributed by atoms with E-state index < -0.39 is 0 Å². The van der Waals surface area contributed by atoms with Crippen LogP contribution in [0.15, 0.2) is 36.7 Å². The molecule has 4 N–H and O–H groups in total. The zero-order valence-corrected chi connectivity index (χ0v) is 11.1. The molecule has 0 saturated carbocycles. The van der Waals surface area contributed by atoms with E-state index in [4.69, 9.17) is 10.5 Å². The summed E-state index contributed by atoms with van der Waals surface area (Å²) >= 11 is 0. The summed E-state index contributed by atoms with van der Waals surface area (Å²) in [4.78, 5) is 18.7. The number of nitrogens with two attached hydrogens (primary N) is 1. The van der Waals surface area contributed by atoms with Crippen molar-refractivity contribution in [2.45, 2.75) is 12.8 Å². The number of para-hydroxylation sites is 2. The zero-order chi connectivity index (χ0) is 14.2. The van der Waals surface area contributed by atoms with E-state index in [2.05, 4.69) is 15.3 Å². The molecule has 106 valence electrons. The Balaban J connectivity index is 1.62. The van der Waals surface area contributed by atoms with Crippen LogP contribution in [0.25, 0.3) is 0 Å². The molecule has 0 saturated heterocycles. The molecular formula is C14H18N4O2. The van der Waals surface area contributed by atoms with Gasteiger partial charge in [-0.25, -0.2) is 4.98 Å². The molecule has 2 rings (SSSR count). The van der Waals surface area contributed by atoms with E-state index in [0.717, 1.165) is 5.82 Å². The van der Waals surface area contributed by atoms with Gasteiger partial charge in [-0.1, -0.05) is 12.1 Å². The molecule has 0 atom stereocenters. The van der Waals surface area contributed by atoms with Gasteiger partial charge in [-0.3, -0.25) is 4.79 Å². The number of H-pyrrole nitrogens is 1. The van der Waals surface area contributed by atoms with Crippen LogP contribution in [0.3, 0.4) is 0 Å². The number of anilines is 1. The number of hydrogen-bond acceptors (Lipinski definition) is 4. The highest BCUT2D eigenvalue weighted by Gasteiger charge is 2.03. The molecule has 6 nitrogen and oxygen atoms in total. The Labute approximate surface area is 117 Å². The number of carbonyl (C=O) groups is 1. The maximum absolute atomic E-state index is 11.6. The average Bonchev–Trinajstić information content (AvgIpc) is 2.94. The standard InChI is InChI=1S/C14H18N4O2/c15-11-3-1-2-4-12(11)20-10-6-14(19)18-7-5-13-16-8-9-17-13/h1-4,8-9H,5-7,10,15H2,(H,16,17)(H,18,19). The van der Waals surface area contributed by atoms with Crippen molar-refractivity contribution in [2.24, 2.45) is 0 Å². The third-order valence-electron chi connectivity index (χ3n) is 2.74. The number of nitrogen functional groups attached to an aromatic ring is 1. The quantitative estimate of drug-likeness (QED) is 0.660. The van der Waals surface area contributed by atoms with Gasteiger partial charge < -0.3 is 20.8 Å². The first kappa shape index (κ1) is 13.9. The summed E-state index contributed by atoms with van der Waals surface area (Å²) in [5.41, 5.74) is 6.31. The van der Waals surface area contributed by atoms with E-state index in [1.165, 1.54) is 0 Å². The molecule has 0 aliphatic heterocycles. The lowest BCUT2D eigenvalue weighted by Crippen LogP contribution is -2.27. The van der Waals surface area contributed by atoms with E-state index in [1.54, 1.807) is 24.5 Å². The van der Waals surface area contributed by atoms with Crippen molar-refractivity contribution < 1.29 is 9.53 Å². The smallest absolute Gasteiger partial charge is 0.223 e. The SMILES string of the molecule is Nc1ccccc1OCCC(=O)NCCc1ncc[nH]1. The van der Waals surface area contributed by atoms with Gasteiger partial charge in [0, 0.05) is 25.4 Å². The fourth-order valence-corrected chi connectivity index (χ4v) is 1.71. The van der Waals surface area contributed by atoms with Crippen LogP contribution >= 0.6 is 0 Å². The topological polar surface area (TPSA) is 93.0 Å². The largest absolute Gasteiger partial charge is 0.491 e. The summed E-state index contributed by atoms with van der Waals surface area (Å²) in [5.74, 6) is 1.42. The second-order valence-electron chi connectivity index (χ2n) is 4.27. The van der Waals surface area contributed by atoms with Crippen LogP contribution in [-0.2, 0) is 11.2 Å². The van der Waals surface area contributed by atoms with Crippen LogP contribution < -0.4 is 15.8 Å². The molecule has 0 aliphatic carbocycles. The van der Waals surface area contributed by atoms with E-state index in [0.29, 0.717) is 37.4 Å². The lowest BCUT2D eigenvalue weighted by atomic mass is 10.3. The highest BCUT2D eigenvalue weighted by molar-refractivity contribution is 5.76. The second-order valence-corrected chi connectivity index (χ2v) is 4.27. The predicted octanol–water partition coefficient (Wildman–Crippen LogP) is 1.12. The van der Waals surface area contributed by atoms with Crippen molar-refractivity contribution in [1.82, 2.24) is 15.3 Å². The van der Waals surface area contributed by atoms with Gasteiger partial charge in [-0.15, -0.1) is 0 Å². The third kappa shape index (κ3) is 4.31. The van der Waals surface area contributed by atoms with Crippen molar-refractivity contribution in [1.29, 1.82) is 0 Å². The molecule has 1 amide bonds. The number of imidazole rings is 1. The minimum atomic E-state index is -0.0499. The number of nitrogens with one attached hydrogen (secondary N) is 2. The first-order chi connectivity index (χ1) is 9.75. The molecule has 2 aromatic rings. The van der Waals surface area contributed by atoms with Crippen molar-refractivity contribution in [3.05, 3.63) is 42.5 Å². The van der Waals surface area contributed by atoms with Gasteiger partial charge in [0.05, 0.1) is 18.7 Å². The number of aromatic nitrogens is 2. The van der Waals surface area contributed by atoms with Crippen molar-refractivity contribution >= 4 is 11.6 Å². The maximum atomic E-state index is 11.6. The number of amides is 1. The number of benzene rings is 1. The van der Waals surface area contributed by atoms with E-state index in [9.17, 15) is 4.79 Å². The van der Waals surface area contributed by atoms with Gasteiger partial charge in [0.15, 0.2) is 0 Å². The number of nitrogens with zero attached hydrogens (tertiary/aromatic N) is 1. The van der Waals surface area contributed by atoms with Crippen LogP contribution in [0.2, 0.25) is 0 Å². The first-order valence-corrected chi connectivity index (χ1v) is 6.48. The fourth-order valence-electron chi connectivity index (χ4n) is 1.71. The van der Waals surface area contributed by atoms with E-state index >= 15 is 0 Å². The number of ether oxygens (including phenoxy) is 1. The molecule has 0 unspecified atom stereocenters. The molecule has 20 heavy (non-hydrogen) atoms. The number of aromatic amines is 1.